The molecule has 1 fully saturated rings. The summed E-state index contributed by atoms with van der Waals surface area (Å²) in [5, 5.41) is 0. The average molecular weight is 395 g/mol. The van der Waals surface area contributed by atoms with E-state index in [0.29, 0.717) is 11.5 Å². The first-order valence-corrected chi connectivity index (χ1v) is 8.84. The van der Waals surface area contributed by atoms with Gasteiger partial charge in [0.15, 0.2) is 0 Å². The topological polar surface area (TPSA) is 37.4 Å². The number of amides is 1. The van der Waals surface area contributed by atoms with Crippen molar-refractivity contribution in [3.8, 4) is 0 Å². The number of anilines is 1. The highest BCUT2D eigenvalue weighted by Gasteiger charge is 2.53. The third kappa shape index (κ3) is 1.77. The Hall–Kier alpha value is -0.910. The number of carbonyl (C=O) groups excluding carboxylic acids is 2. The monoisotopic (exact) mass is 395 g/mol. The van der Waals surface area contributed by atoms with Gasteiger partial charge in [-0.05, 0) is 65.5 Å². The van der Waals surface area contributed by atoms with E-state index in [1.165, 1.54) is 24.8 Å². The molecule has 110 valence electrons. The highest BCUT2D eigenvalue weighted by Crippen LogP contribution is 2.53. The molecule has 0 saturated heterocycles. The number of hydrogen-bond acceptors (Lipinski definition) is 2. The first kappa shape index (κ1) is 13.7. The van der Waals surface area contributed by atoms with Crippen molar-refractivity contribution < 1.29 is 9.59 Å². The molecule has 3 aliphatic rings. The number of ketones is 1. The van der Waals surface area contributed by atoms with Gasteiger partial charge in [0.1, 0.15) is 0 Å². The molecule has 0 radical (unpaired) electrons. The van der Waals surface area contributed by atoms with E-state index in [1.807, 2.05) is 11.0 Å². The average Bonchev–Trinajstić information content (AvgIpc) is 2.71. The molecule has 4 heteroatoms. The lowest BCUT2D eigenvalue weighted by Crippen LogP contribution is -2.55. The van der Waals surface area contributed by atoms with E-state index in [4.69, 9.17) is 0 Å². The predicted octanol–water partition coefficient (Wildman–Crippen LogP) is 4.03. The third-order valence-electron chi connectivity index (χ3n) is 5.45. The molecule has 1 aromatic carbocycles. The first-order valence-electron chi connectivity index (χ1n) is 7.76. The number of halogens is 1. The maximum absolute atomic E-state index is 12.6. The fraction of sp³-hybridized carbons (Fsp3) is 0.529. The van der Waals surface area contributed by atoms with E-state index in [9.17, 15) is 9.59 Å². The Bertz CT molecular complexity index is 661. The lowest BCUT2D eigenvalue weighted by Gasteiger charge is -2.50. The summed E-state index contributed by atoms with van der Waals surface area (Å²) in [4.78, 5) is 27.0. The van der Waals surface area contributed by atoms with E-state index in [1.54, 1.807) is 0 Å². The Morgan fingerprint density at radius 1 is 1.19 bits per heavy atom. The van der Waals surface area contributed by atoms with Crippen LogP contribution in [0.5, 0.6) is 0 Å². The van der Waals surface area contributed by atoms with Gasteiger partial charge in [-0.2, -0.15) is 0 Å². The quantitative estimate of drug-likeness (QED) is 0.492. The number of nitrogens with zero attached hydrogens (tertiary/aromatic N) is 1. The summed E-state index contributed by atoms with van der Waals surface area (Å²) in [6.45, 7) is 2.24. The van der Waals surface area contributed by atoms with Crippen LogP contribution >= 0.6 is 22.6 Å². The SMILES string of the molecule is C[C@@H]1CC2(CCCCC2)N2C(=O)C(=O)c3cc(I)cc1c32. The minimum absolute atomic E-state index is 0.102. The summed E-state index contributed by atoms with van der Waals surface area (Å²) in [7, 11) is 0. The van der Waals surface area contributed by atoms with Crippen molar-refractivity contribution in [3.05, 3.63) is 26.8 Å². The van der Waals surface area contributed by atoms with Crippen molar-refractivity contribution in [3.63, 3.8) is 0 Å². The number of Topliss-reactive ketones (excluding diaryl/α,β-unsaturated/α-hetero) is 1. The summed E-state index contributed by atoms with van der Waals surface area (Å²) in [6, 6.07) is 4.03. The number of hydrogen-bond donors (Lipinski definition) is 0. The summed E-state index contributed by atoms with van der Waals surface area (Å²) >= 11 is 2.24. The lowest BCUT2D eigenvalue weighted by molar-refractivity contribution is -0.115. The van der Waals surface area contributed by atoms with Gasteiger partial charge in [0, 0.05) is 9.11 Å². The molecule has 21 heavy (non-hydrogen) atoms. The summed E-state index contributed by atoms with van der Waals surface area (Å²) in [5.74, 6) is -0.174. The molecule has 0 aromatic heterocycles. The standard InChI is InChI=1S/C17H18INO2/c1-10-9-17(5-3-2-4-6-17)19-14-12(10)7-11(18)8-13(14)15(20)16(19)21/h7-8,10H,2-6,9H2,1H3/t10-/m1/s1. The molecule has 4 rings (SSSR count). The molecule has 3 nitrogen and oxygen atoms in total. The maximum atomic E-state index is 12.6. The number of fused-ring (bicyclic) bond motifs is 1. The normalized spacial score (nSPS) is 26.4. The van der Waals surface area contributed by atoms with Crippen molar-refractivity contribution in [2.45, 2.75) is 56.9 Å². The van der Waals surface area contributed by atoms with Crippen molar-refractivity contribution in [1.82, 2.24) is 0 Å². The molecular formula is C17H18INO2. The van der Waals surface area contributed by atoms with Crippen molar-refractivity contribution >= 4 is 40.0 Å². The molecule has 2 aliphatic heterocycles. The Kier molecular flexibility index (Phi) is 2.97. The van der Waals surface area contributed by atoms with E-state index in [2.05, 4.69) is 35.6 Å². The Labute approximate surface area is 138 Å². The zero-order valence-electron chi connectivity index (χ0n) is 12.1. The van der Waals surface area contributed by atoms with E-state index >= 15 is 0 Å². The van der Waals surface area contributed by atoms with Crippen LogP contribution < -0.4 is 4.90 Å². The predicted molar refractivity (Wildman–Crippen MR) is 89.8 cm³/mol. The van der Waals surface area contributed by atoms with Crippen LogP contribution in [0, 0.1) is 3.57 Å². The van der Waals surface area contributed by atoms with Gasteiger partial charge in [0.05, 0.1) is 11.3 Å². The number of rotatable bonds is 0. The van der Waals surface area contributed by atoms with Gasteiger partial charge in [-0.1, -0.05) is 26.2 Å². The molecule has 1 amide bonds. The van der Waals surface area contributed by atoms with Crippen LogP contribution in [0.1, 0.15) is 67.3 Å². The molecule has 1 aliphatic carbocycles. The largest absolute Gasteiger partial charge is 0.300 e. The minimum Gasteiger partial charge on any atom is -0.298 e. The second-order valence-electron chi connectivity index (χ2n) is 6.75. The van der Waals surface area contributed by atoms with E-state index in [0.717, 1.165) is 28.5 Å². The van der Waals surface area contributed by atoms with Crippen LogP contribution in [0.25, 0.3) is 0 Å². The van der Waals surface area contributed by atoms with Crippen LogP contribution in [0.2, 0.25) is 0 Å². The molecule has 0 unspecified atom stereocenters. The highest BCUT2D eigenvalue weighted by molar-refractivity contribution is 14.1. The van der Waals surface area contributed by atoms with Gasteiger partial charge in [-0.15, -0.1) is 0 Å². The van der Waals surface area contributed by atoms with Crippen molar-refractivity contribution in [2.75, 3.05) is 4.90 Å². The second kappa shape index (κ2) is 4.54. The summed E-state index contributed by atoms with van der Waals surface area (Å²) in [5.41, 5.74) is 2.66. The minimum atomic E-state index is -0.302. The first-order chi connectivity index (χ1) is 10.0. The molecular weight excluding hydrogens is 377 g/mol. The molecule has 2 heterocycles. The van der Waals surface area contributed by atoms with Gasteiger partial charge in [-0.3, -0.25) is 14.5 Å². The summed E-state index contributed by atoms with van der Waals surface area (Å²) < 4.78 is 1.05. The van der Waals surface area contributed by atoms with Crippen LogP contribution in [0.15, 0.2) is 12.1 Å². The number of carbonyl (C=O) groups is 2. The zero-order valence-corrected chi connectivity index (χ0v) is 14.3. The fourth-order valence-electron chi connectivity index (χ4n) is 4.60. The highest BCUT2D eigenvalue weighted by atomic mass is 127. The fourth-order valence-corrected chi connectivity index (χ4v) is 5.25. The number of benzene rings is 1. The summed E-state index contributed by atoms with van der Waals surface area (Å²) in [6.07, 6.45) is 6.67. The third-order valence-corrected chi connectivity index (χ3v) is 6.07. The lowest BCUT2D eigenvalue weighted by atomic mass is 9.70. The van der Waals surface area contributed by atoms with Gasteiger partial charge in [0.25, 0.3) is 11.7 Å². The van der Waals surface area contributed by atoms with Gasteiger partial charge in [-0.25, -0.2) is 0 Å². The van der Waals surface area contributed by atoms with Crippen LogP contribution in [-0.4, -0.2) is 17.2 Å². The Morgan fingerprint density at radius 3 is 2.62 bits per heavy atom. The zero-order chi connectivity index (χ0) is 14.8. The molecule has 1 atom stereocenters. The van der Waals surface area contributed by atoms with Gasteiger partial charge < -0.3 is 0 Å². The smallest absolute Gasteiger partial charge is 0.298 e. The molecule has 0 N–H and O–H groups in total. The van der Waals surface area contributed by atoms with Gasteiger partial charge in [0.2, 0.25) is 0 Å². The van der Waals surface area contributed by atoms with Gasteiger partial charge >= 0.3 is 0 Å². The van der Waals surface area contributed by atoms with Crippen LogP contribution in [0.3, 0.4) is 0 Å². The van der Waals surface area contributed by atoms with Crippen molar-refractivity contribution in [1.29, 1.82) is 0 Å². The van der Waals surface area contributed by atoms with E-state index < -0.39 is 0 Å². The molecule has 1 spiro atoms. The molecule has 0 bridgehead atoms. The van der Waals surface area contributed by atoms with Crippen molar-refractivity contribution in [2.24, 2.45) is 0 Å². The van der Waals surface area contributed by atoms with E-state index in [-0.39, 0.29) is 17.2 Å². The van der Waals surface area contributed by atoms with Crippen LogP contribution in [-0.2, 0) is 4.79 Å². The van der Waals surface area contributed by atoms with Crippen LogP contribution in [0.4, 0.5) is 5.69 Å². The maximum Gasteiger partial charge on any atom is 0.300 e. The Balaban J connectivity index is 1.96. The second-order valence-corrected chi connectivity index (χ2v) is 8.00. The Morgan fingerprint density at radius 2 is 1.90 bits per heavy atom. The molecule has 1 saturated carbocycles. The molecule has 1 aromatic rings.